The lowest BCUT2D eigenvalue weighted by Gasteiger charge is -2.41. The van der Waals surface area contributed by atoms with Crippen molar-refractivity contribution in [2.75, 3.05) is 0 Å². The van der Waals surface area contributed by atoms with E-state index < -0.39 is 0 Å². The van der Waals surface area contributed by atoms with E-state index in [2.05, 4.69) is 11.9 Å². The van der Waals surface area contributed by atoms with Crippen molar-refractivity contribution in [1.82, 2.24) is 4.98 Å². The summed E-state index contributed by atoms with van der Waals surface area (Å²) in [5.74, 6) is 0.406. The van der Waals surface area contributed by atoms with Crippen molar-refractivity contribution in [3.63, 3.8) is 0 Å². The molecule has 1 aromatic heterocycles. The maximum atomic E-state index is 13.1. The summed E-state index contributed by atoms with van der Waals surface area (Å²) in [6.07, 6.45) is 4.11. The normalized spacial score (nSPS) is 27.1. The Balaban J connectivity index is 1.46. The van der Waals surface area contributed by atoms with Crippen LogP contribution < -0.4 is 0 Å². The third-order valence-electron chi connectivity index (χ3n) is 5.71. The summed E-state index contributed by atoms with van der Waals surface area (Å²) in [5, 5.41) is 3.45. The zero-order valence-electron chi connectivity index (χ0n) is 16.1. The van der Waals surface area contributed by atoms with Crippen LogP contribution in [0.4, 0.5) is 0 Å². The predicted octanol–water partition coefficient (Wildman–Crippen LogP) is 5.44. The molecule has 2 aliphatic rings. The molecule has 1 fully saturated rings. The standard InChI is InChI=1S/C22H24ClNO3S/c1-3-15-8-17-20(9-19(15)26-10-14-4-6-16(23)7-5-14)27-11-18(21(17)25)22-24-13(2)12-28-22/h4-7,11-12,15,17,19-20H,3,8-10H2,1-2H3. The van der Waals surface area contributed by atoms with Crippen molar-refractivity contribution in [1.29, 1.82) is 0 Å². The molecule has 2 heterocycles. The van der Waals surface area contributed by atoms with Crippen LogP contribution in [-0.4, -0.2) is 23.0 Å². The summed E-state index contributed by atoms with van der Waals surface area (Å²) >= 11 is 7.45. The maximum absolute atomic E-state index is 13.1. The first-order valence-electron chi connectivity index (χ1n) is 9.73. The number of carbonyl (C=O) groups is 1. The molecule has 4 rings (SSSR count). The lowest BCUT2D eigenvalue weighted by Crippen LogP contribution is -2.45. The van der Waals surface area contributed by atoms with Gasteiger partial charge >= 0.3 is 0 Å². The number of benzene rings is 1. The minimum Gasteiger partial charge on any atom is -0.496 e. The van der Waals surface area contributed by atoms with E-state index in [1.165, 1.54) is 11.3 Å². The Morgan fingerprint density at radius 2 is 2.07 bits per heavy atom. The number of fused-ring (bicyclic) bond motifs is 1. The fourth-order valence-electron chi connectivity index (χ4n) is 4.11. The number of hydrogen-bond donors (Lipinski definition) is 0. The lowest BCUT2D eigenvalue weighted by molar-refractivity contribution is -0.133. The fraction of sp³-hybridized carbons (Fsp3) is 0.455. The van der Waals surface area contributed by atoms with Crippen molar-refractivity contribution in [3.8, 4) is 0 Å². The van der Waals surface area contributed by atoms with Crippen LogP contribution in [0, 0.1) is 18.8 Å². The van der Waals surface area contributed by atoms with Gasteiger partial charge in [-0.3, -0.25) is 4.79 Å². The minimum absolute atomic E-state index is 0.0896. The molecule has 2 aromatic rings. The summed E-state index contributed by atoms with van der Waals surface area (Å²) in [6.45, 7) is 4.65. The molecule has 0 amide bonds. The van der Waals surface area contributed by atoms with Crippen LogP contribution in [0.1, 0.15) is 42.5 Å². The monoisotopic (exact) mass is 417 g/mol. The van der Waals surface area contributed by atoms with E-state index in [0.717, 1.165) is 40.6 Å². The van der Waals surface area contributed by atoms with Crippen molar-refractivity contribution in [2.24, 2.45) is 11.8 Å². The summed E-state index contributed by atoms with van der Waals surface area (Å²) in [7, 11) is 0. The van der Waals surface area contributed by atoms with Gasteiger partial charge in [0, 0.05) is 22.5 Å². The molecule has 1 aromatic carbocycles. The molecule has 0 radical (unpaired) electrons. The number of allylic oxidation sites excluding steroid dienone is 1. The first-order chi connectivity index (χ1) is 13.5. The highest BCUT2D eigenvalue weighted by molar-refractivity contribution is 7.11. The van der Waals surface area contributed by atoms with E-state index in [9.17, 15) is 4.79 Å². The summed E-state index contributed by atoms with van der Waals surface area (Å²) in [5.41, 5.74) is 2.65. The highest BCUT2D eigenvalue weighted by atomic mass is 35.5. The molecule has 0 N–H and O–H groups in total. The Hall–Kier alpha value is -1.69. The van der Waals surface area contributed by atoms with Crippen LogP contribution in [0.2, 0.25) is 5.02 Å². The van der Waals surface area contributed by atoms with E-state index in [0.29, 0.717) is 18.1 Å². The van der Waals surface area contributed by atoms with Crippen LogP contribution in [-0.2, 0) is 20.9 Å². The molecule has 6 heteroatoms. The summed E-state index contributed by atoms with van der Waals surface area (Å²) in [4.78, 5) is 17.6. The van der Waals surface area contributed by atoms with Crippen molar-refractivity contribution >= 4 is 34.3 Å². The Labute approximate surface area is 174 Å². The molecule has 0 bridgehead atoms. The van der Waals surface area contributed by atoms with Crippen LogP contribution in [0.5, 0.6) is 0 Å². The molecule has 1 aliphatic carbocycles. The van der Waals surface area contributed by atoms with Gasteiger partial charge < -0.3 is 9.47 Å². The van der Waals surface area contributed by atoms with Gasteiger partial charge in [0.25, 0.3) is 0 Å². The number of carbonyl (C=O) groups excluding carboxylic acids is 1. The number of halogens is 1. The van der Waals surface area contributed by atoms with E-state index >= 15 is 0 Å². The Kier molecular flexibility index (Phi) is 5.85. The number of rotatable bonds is 5. The summed E-state index contributed by atoms with van der Waals surface area (Å²) < 4.78 is 12.3. The second-order valence-corrected chi connectivity index (χ2v) is 8.88. The number of nitrogens with zero attached hydrogens (tertiary/aromatic N) is 1. The van der Waals surface area contributed by atoms with Gasteiger partial charge in [-0.05, 0) is 37.0 Å². The number of ether oxygens (including phenoxy) is 2. The van der Waals surface area contributed by atoms with Gasteiger partial charge in [0.1, 0.15) is 11.1 Å². The quantitative estimate of drug-likeness (QED) is 0.650. The number of aromatic nitrogens is 1. The van der Waals surface area contributed by atoms with E-state index in [4.69, 9.17) is 21.1 Å². The van der Waals surface area contributed by atoms with Gasteiger partial charge in [-0.2, -0.15) is 0 Å². The van der Waals surface area contributed by atoms with Crippen LogP contribution in [0.3, 0.4) is 0 Å². The number of ketones is 1. The maximum Gasteiger partial charge on any atom is 0.175 e. The van der Waals surface area contributed by atoms with Crippen molar-refractivity contribution < 1.29 is 14.3 Å². The smallest absolute Gasteiger partial charge is 0.175 e. The predicted molar refractivity (Wildman–Crippen MR) is 111 cm³/mol. The molecule has 148 valence electrons. The average molecular weight is 418 g/mol. The molecule has 4 nitrogen and oxygen atoms in total. The Bertz CT molecular complexity index is 876. The molecular formula is C22H24ClNO3S. The van der Waals surface area contributed by atoms with Gasteiger partial charge in [-0.1, -0.05) is 37.1 Å². The van der Waals surface area contributed by atoms with Gasteiger partial charge in [0.15, 0.2) is 5.78 Å². The number of hydrogen-bond acceptors (Lipinski definition) is 5. The van der Waals surface area contributed by atoms with Crippen molar-refractivity contribution in [3.05, 3.63) is 57.2 Å². The lowest BCUT2D eigenvalue weighted by atomic mass is 9.72. The topological polar surface area (TPSA) is 48.4 Å². The molecule has 28 heavy (non-hydrogen) atoms. The second kappa shape index (κ2) is 8.36. The van der Waals surface area contributed by atoms with Crippen molar-refractivity contribution in [2.45, 2.75) is 51.9 Å². The molecule has 0 spiro atoms. The largest absolute Gasteiger partial charge is 0.496 e. The first-order valence-corrected chi connectivity index (χ1v) is 11.0. The van der Waals surface area contributed by atoms with Gasteiger partial charge in [-0.15, -0.1) is 11.3 Å². The molecule has 1 aliphatic heterocycles. The molecule has 4 atom stereocenters. The second-order valence-electron chi connectivity index (χ2n) is 7.59. The number of thiazole rings is 1. The molecule has 1 saturated carbocycles. The fourth-order valence-corrected chi connectivity index (χ4v) is 5.04. The van der Waals surface area contributed by atoms with Crippen LogP contribution >= 0.6 is 22.9 Å². The highest BCUT2D eigenvalue weighted by Gasteiger charge is 2.44. The first kappa shape index (κ1) is 19.6. The van der Waals surface area contributed by atoms with E-state index in [-0.39, 0.29) is 23.9 Å². The molecule has 0 saturated heterocycles. The summed E-state index contributed by atoms with van der Waals surface area (Å²) in [6, 6.07) is 7.73. The molecular weight excluding hydrogens is 394 g/mol. The highest BCUT2D eigenvalue weighted by Crippen LogP contribution is 2.41. The van der Waals surface area contributed by atoms with Crippen LogP contribution in [0.25, 0.3) is 5.57 Å². The zero-order chi connectivity index (χ0) is 19.7. The third-order valence-corrected chi connectivity index (χ3v) is 6.96. The SMILES string of the molecule is CCC1CC2C(=O)C(c3nc(C)cs3)=COC2CC1OCc1ccc(Cl)cc1. The average Bonchev–Trinajstić information content (AvgIpc) is 3.13. The van der Waals surface area contributed by atoms with E-state index in [1.54, 1.807) is 6.26 Å². The Morgan fingerprint density at radius 1 is 1.29 bits per heavy atom. The van der Waals surface area contributed by atoms with Gasteiger partial charge in [-0.25, -0.2) is 4.98 Å². The Morgan fingerprint density at radius 3 is 2.75 bits per heavy atom. The third kappa shape index (κ3) is 4.02. The number of aryl methyl sites for hydroxylation is 1. The number of Topliss-reactive ketones (excluding diaryl/α,β-unsaturated/α-hetero) is 1. The zero-order valence-corrected chi connectivity index (χ0v) is 17.6. The van der Waals surface area contributed by atoms with Gasteiger partial charge in [0.05, 0.1) is 30.5 Å². The van der Waals surface area contributed by atoms with Crippen LogP contribution in [0.15, 0.2) is 35.9 Å². The molecule has 4 unspecified atom stereocenters. The van der Waals surface area contributed by atoms with E-state index in [1.807, 2.05) is 36.6 Å². The van der Waals surface area contributed by atoms with Gasteiger partial charge in [0.2, 0.25) is 0 Å². The minimum atomic E-state index is -0.115.